The number of nitrogens with zero attached hydrogens (tertiary/aromatic N) is 1. The maximum atomic E-state index is 12.6. The molecule has 0 saturated carbocycles. The number of aromatic nitrogens is 1. The highest BCUT2D eigenvalue weighted by molar-refractivity contribution is 6.04. The van der Waals surface area contributed by atoms with Crippen molar-refractivity contribution < 1.29 is 33.6 Å². The molecule has 2 N–H and O–H groups in total. The lowest BCUT2D eigenvalue weighted by Gasteiger charge is -2.27. The normalized spacial score (nSPS) is 14.8. The highest BCUT2D eigenvalue weighted by Gasteiger charge is 2.35. The number of carboxylic acid groups (broad SMARTS) is 1. The molecule has 1 aliphatic rings. The average Bonchev–Trinajstić information content (AvgIpc) is 3.22. The topological polar surface area (TPSA) is 108 Å². The highest BCUT2D eigenvalue weighted by atomic mass is 16.5. The van der Waals surface area contributed by atoms with Gasteiger partial charge in [-0.1, -0.05) is 6.07 Å². The number of ether oxygens (including phenoxy) is 4. The summed E-state index contributed by atoms with van der Waals surface area (Å²) in [6.07, 6.45) is 1.61. The number of rotatable bonds is 7. The fourth-order valence-corrected chi connectivity index (χ4v) is 4.16. The number of aromatic carboxylic acids is 1. The Balaban J connectivity index is 1.99. The molecule has 9 nitrogen and oxygen atoms in total. The largest absolute Gasteiger partial charge is 0.497 e. The van der Waals surface area contributed by atoms with E-state index in [-0.39, 0.29) is 23.6 Å². The maximum Gasteiger partial charge on any atom is 0.339 e. The van der Waals surface area contributed by atoms with Crippen LogP contribution in [0, 0.1) is 0 Å². The summed E-state index contributed by atoms with van der Waals surface area (Å²) in [6, 6.07) is 10.7. The van der Waals surface area contributed by atoms with Gasteiger partial charge in [0.25, 0.3) is 0 Å². The molecular formula is C24H24N2O7. The molecule has 9 heteroatoms. The third kappa shape index (κ3) is 3.82. The monoisotopic (exact) mass is 452 g/mol. The molecule has 2 aromatic carbocycles. The van der Waals surface area contributed by atoms with E-state index in [2.05, 4.69) is 5.32 Å². The minimum Gasteiger partial charge on any atom is -0.497 e. The number of nitrogens with one attached hydrogen (secondary N) is 1. The Labute approximate surface area is 190 Å². The maximum absolute atomic E-state index is 12.6. The van der Waals surface area contributed by atoms with Crippen LogP contribution in [0.25, 0.3) is 5.69 Å². The molecule has 1 unspecified atom stereocenters. The van der Waals surface area contributed by atoms with Gasteiger partial charge in [-0.25, -0.2) is 4.79 Å². The number of methoxy groups -OCH3 is 4. The number of hydrogen-bond acceptors (Lipinski definition) is 6. The number of anilines is 1. The van der Waals surface area contributed by atoms with Gasteiger partial charge in [-0.3, -0.25) is 4.79 Å². The number of carboxylic acids is 1. The van der Waals surface area contributed by atoms with Gasteiger partial charge in [0.2, 0.25) is 5.91 Å². The zero-order valence-corrected chi connectivity index (χ0v) is 18.7. The summed E-state index contributed by atoms with van der Waals surface area (Å²) in [5, 5.41) is 12.6. The van der Waals surface area contributed by atoms with E-state index in [0.29, 0.717) is 34.4 Å². The van der Waals surface area contributed by atoms with Crippen LogP contribution in [-0.2, 0) is 4.79 Å². The predicted molar refractivity (Wildman–Crippen MR) is 120 cm³/mol. The third-order valence-corrected chi connectivity index (χ3v) is 5.71. The zero-order chi connectivity index (χ0) is 23.7. The van der Waals surface area contributed by atoms with E-state index in [1.54, 1.807) is 49.1 Å². The number of amides is 1. The fourth-order valence-electron chi connectivity index (χ4n) is 4.16. The molecule has 2 heterocycles. The first kappa shape index (κ1) is 22.1. The van der Waals surface area contributed by atoms with E-state index in [9.17, 15) is 14.7 Å². The Bertz CT molecular complexity index is 1230. The lowest BCUT2D eigenvalue weighted by Crippen LogP contribution is -2.25. The lowest BCUT2D eigenvalue weighted by molar-refractivity contribution is -0.116. The summed E-state index contributed by atoms with van der Waals surface area (Å²) in [7, 11) is 6.16. The standard InChI is InChI=1S/C24H24N2O7/c1-30-14-6-8-18(31-2)17(10-14)26-12-16(24(28)29)22-23(26)15(11-21(27)25-22)13-5-7-19(32-3)20(9-13)33-4/h5-10,12,15H,11H2,1-4H3,(H,25,27)(H,28,29). The van der Waals surface area contributed by atoms with Gasteiger partial charge in [0.1, 0.15) is 17.1 Å². The van der Waals surface area contributed by atoms with Crippen molar-refractivity contribution in [3.8, 4) is 28.7 Å². The Morgan fingerprint density at radius 2 is 1.67 bits per heavy atom. The van der Waals surface area contributed by atoms with Crippen molar-refractivity contribution >= 4 is 17.6 Å². The van der Waals surface area contributed by atoms with Crippen molar-refractivity contribution in [2.75, 3.05) is 33.8 Å². The molecule has 172 valence electrons. The van der Waals surface area contributed by atoms with Gasteiger partial charge < -0.3 is 33.9 Å². The van der Waals surface area contributed by atoms with Crippen molar-refractivity contribution in [3.63, 3.8) is 0 Å². The van der Waals surface area contributed by atoms with Crippen LogP contribution < -0.4 is 24.3 Å². The molecule has 0 radical (unpaired) electrons. The molecule has 1 atom stereocenters. The Hall–Kier alpha value is -4.14. The van der Waals surface area contributed by atoms with Crippen molar-refractivity contribution in [2.45, 2.75) is 12.3 Å². The third-order valence-electron chi connectivity index (χ3n) is 5.71. The minimum atomic E-state index is -1.15. The molecular weight excluding hydrogens is 428 g/mol. The van der Waals surface area contributed by atoms with Crippen LogP contribution in [0.4, 0.5) is 5.69 Å². The first-order valence-corrected chi connectivity index (χ1v) is 10.1. The number of benzene rings is 2. The summed E-state index contributed by atoms with van der Waals surface area (Å²) < 4.78 is 23.4. The van der Waals surface area contributed by atoms with E-state index >= 15 is 0 Å². The predicted octanol–water partition coefficient (Wildman–Crippen LogP) is 3.68. The molecule has 1 aromatic heterocycles. The van der Waals surface area contributed by atoms with Gasteiger partial charge in [-0.15, -0.1) is 0 Å². The summed E-state index contributed by atoms with van der Waals surface area (Å²) in [6.45, 7) is 0. The summed E-state index contributed by atoms with van der Waals surface area (Å²) in [5.41, 5.74) is 2.21. The van der Waals surface area contributed by atoms with Crippen LogP contribution in [-0.4, -0.2) is 50.0 Å². The minimum absolute atomic E-state index is 0.0200. The second-order valence-corrected chi connectivity index (χ2v) is 7.44. The Morgan fingerprint density at radius 3 is 2.30 bits per heavy atom. The van der Waals surface area contributed by atoms with Crippen LogP contribution >= 0.6 is 0 Å². The second kappa shape index (κ2) is 8.78. The van der Waals surface area contributed by atoms with Crippen LogP contribution in [0.3, 0.4) is 0 Å². The van der Waals surface area contributed by atoms with E-state index in [0.717, 1.165) is 5.56 Å². The van der Waals surface area contributed by atoms with Crippen LogP contribution in [0.2, 0.25) is 0 Å². The van der Waals surface area contributed by atoms with Gasteiger partial charge in [0.15, 0.2) is 11.5 Å². The number of hydrogen-bond donors (Lipinski definition) is 2. The number of carbonyl (C=O) groups is 2. The first-order valence-electron chi connectivity index (χ1n) is 10.1. The molecule has 0 spiro atoms. The smallest absolute Gasteiger partial charge is 0.339 e. The van der Waals surface area contributed by atoms with E-state index in [1.165, 1.54) is 20.4 Å². The molecule has 3 aromatic rings. The summed E-state index contributed by atoms with van der Waals surface area (Å²) >= 11 is 0. The van der Waals surface area contributed by atoms with Crippen molar-refractivity contribution in [3.05, 3.63) is 59.4 Å². The van der Waals surface area contributed by atoms with Crippen molar-refractivity contribution in [2.24, 2.45) is 0 Å². The van der Waals surface area contributed by atoms with Crippen LogP contribution in [0.15, 0.2) is 42.6 Å². The fraction of sp³-hybridized carbons (Fsp3) is 0.250. The SMILES string of the molecule is COc1ccc(OC)c(-n2cc(C(=O)O)c3c2C(c2ccc(OC)c(OC)c2)CC(=O)N3)c1. The van der Waals surface area contributed by atoms with E-state index in [4.69, 9.17) is 18.9 Å². The van der Waals surface area contributed by atoms with Gasteiger partial charge in [0.05, 0.1) is 45.5 Å². The second-order valence-electron chi connectivity index (χ2n) is 7.44. The van der Waals surface area contributed by atoms with E-state index in [1.807, 2.05) is 6.07 Å². The Kier molecular flexibility index (Phi) is 5.87. The first-order chi connectivity index (χ1) is 15.9. The molecule has 0 saturated heterocycles. The molecule has 4 rings (SSSR count). The number of carbonyl (C=O) groups excluding carboxylic acids is 1. The molecule has 0 bridgehead atoms. The molecule has 0 fully saturated rings. The quantitative estimate of drug-likeness (QED) is 0.563. The van der Waals surface area contributed by atoms with Crippen molar-refractivity contribution in [1.29, 1.82) is 0 Å². The van der Waals surface area contributed by atoms with Gasteiger partial charge in [-0.2, -0.15) is 0 Å². The average molecular weight is 452 g/mol. The number of fused-ring (bicyclic) bond motifs is 1. The van der Waals surface area contributed by atoms with Gasteiger partial charge >= 0.3 is 5.97 Å². The molecule has 33 heavy (non-hydrogen) atoms. The highest BCUT2D eigenvalue weighted by Crippen LogP contribution is 2.44. The summed E-state index contributed by atoms with van der Waals surface area (Å²) in [5.74, 6) is 0.287. The molecule has 1 amide bonds. The van der Waals surface area contributed by atoms with Crippen LogP contribution in [0.5, 0.6) is 23.0 Å². The molecule has 1 aliphatic heterocycles. The molecule has 0 aliphatic carbocycles. The van der Waals surface area contributed by atoms with Crippen molar-refractivity contribution in [1.82, 2.24) is 4.57 Å². The van der Waals surface area contributed by atoms with Gasteiger partial charge in [-0.05, 0) is 29.8 Å². The lowest BCUT2D eigenvalue weighted by atomic mass is 9.88. The van der Waals surface area contributed by atoms with Crippen LogP contribution in [0.1, 0.15) is 34.0 Å². The van der Waals surface area contributed by atoms with Gasteiger partial charge in [0, 0.05) is 24.6 Å². The Morgan fingerprint density at radius 1 is 0.970 bits per heavy atom. The zero-order valence-electron chi connectivity index (χ0n) is 18.7. The summed E-state index contributed by atoms with van der Waals surface area (Å²) in [4.78, 5) is 24.7. The van der Waals surface area contributed by atoms with E-state index < -0.39 is 11.9 Å².